The molecule has 4 nitrogen and oxygen atoms in total. The highest BCUT2D eigenvalue weighted by Crippen LogP contribution is 2.21. The number of amides is 1. The molecule has 1 atom stereocenters. The fraction of sp³-hybridized carbons (Fsp3) is 0.667. The van der Waals surface area contributed by atoms with Crippen LogP contribution in [0.3, 0.4) is 0 Å². The van der Waals surface area contributed by atoms with Crippen molar-refractivity contribution in [1.82, 2.24) is 15.1 Å². The first-order chi connectivity index (χ1) is 9.56. The average molecular weight is 295 g/mol. The fourth-order valence-electron chi connectivity index (χ4n) is 2.56. The molecule has 0 aromatic carbocycles. The second-order valence-electron chi connectivity index (χ2n) is 5.74. The van der Waals surface area contributed by atoms with Gasteiger partial charge in [0.05, 0.1) is 6.54 Å². The van der Waals surface area contributed by atoms with Crippen LogP contribution in [-0.4, -0.2) is 55.5 Å². The van der Waals surface area contributed by atoms with E-state index in [0.717, 1.165) is 25.9 Å². The highest BCUT2D eigenvalue weighted by molar-refractivity contribution is 7.10. The Bertz CT molecular complexity index is 411. The van der Waals surface area contributed by atoms with Crippen molar-refractivity contribution in [2.45, 2.75) is 31.8 Å². The van der Waals surface area contributed by atoms with Gasteiger partial charge < -0.3 is 10.2 Å². The van der Waals surface area contributed by atoms with Crippen molar-refractivity contribution in [3.8, 4) is 0 Å². The van der Waals surface area contributed by atoms with Crippen molar-refractivity contribution in [1.29, 1.82) is 0 Å². The maximum Gasteiger partial charge on any atom is 0.236 e. The lowest BCUT2D eigenvalue weighted by Crippen LogP contribution is -2.46. The van der Waals surface area contributed by atoms with E-state index in [2.05, 4.69) is 34.7 Å². The van der Waals surface area contributed by atoms with Crippen LogP contribution in [0.1, 0.15) is 30.7 Å². The predicted octanol–water partition coefficient (Wildman–Crippen LogP) is 1.95. The van der Waals surface area contributed by atoms with Gasteiger partial charge in [0.25, 0.3) is 0 Å². The minimum absolute atomic E-state index is 0.198. The molecule has 1 fully saturated rings. The molecule has 112 valence electrons. The number of hydrogen-bond donors (Lipinski definition) is 1. The number of nitrogens with one attached hydrogen (secondary N) is 1. The Hall–Kier alpha value is -0.910. The summed E-state index contributed by atoms with van der Waals surface area (Å²) in [6.45, 7) is 4.80. The molecule has 1 aromatic heterocycles. The Morgan fingerprint density at radius 2 is 2.20 bits per heavy atom. The predicted molar refractivity (Wildman–Crippen MR) is 84.0 cm³/mol. The third-order valence-electron chi connectivity index (χ3n) is 3.90. The minimum atomic E-state index is 0.198. The minimum Gasteiger partial charge on any atom is -0.348 e. The van der Waals surface area contributed by atoms with E-state index in [1.807, 2.05) is 25.4 Å². The topological polar surface area (TPSA) is 35.6 Å². The quantitative estimate of drug-likeness (QED) is 0.902. The number of nitrogens with zero attached hydrogens (tertiary/aromatic N) is 2. The van der Waals surface area contributed by atoms with Crippen molar-refractivity contribution >= 4 is 17.2 Å². The molecule has 1 aromatic rings. The number of likely N-dealkylation sites (N-methyl/N-ethyl adjacent to an activating group) is 1. The molecule has 0 saturated carbocycles. The summed E-state index contributed by atoms with van der Waals surface area (Å²) in [6.07, 6.45) is 2.24. The Labute approximate surface area is 125 Å². The van der Waals surface area contributed by atoms with E-state index in [1.54, 1.807) is 4.90 Å². The van der Waals surface area contributed by atoms with Crippen molar-refractivity contribution in [2.75, 3.05) is 33.7 Å². The Kier molecular flexibility index (Phi) is 5.57. The summed E-state index contributed by atoms with van der Waals surface area (Å²) in [4.78, 5) is 17.0. The summed E-state index contributed by atoms with van der Waals surface area (Å²) >= 11 is 1.81. The Morgan fingerprint density at radius 3 is 2.75 bits per heavy atom. The van der Waals surface area contributed by atoms with E-state index in [4.69, 9.17) is 0 Å². The van der Waals surface area contributed by atoms with Crippen LogP contribution >= 0.6 is 11.3 Å². The van der Waals surface area contributed by atoms with Gasteiger partial charge in [-0.15, -0.1) is 11.3 Å². The summed E-state index contributed by atoms with van der Waals surface area (Å²) in [5.41, 5.74) is 0. The molecular weight excluding hydrogens is 270 g/mol. The van der Waals surface area contributed by atoms with Gasteiger partial charge in [0.1, 0.15) is 0 Å². The molecule has 0 aliphatic carbocycles. The van der Waals surface area contributed by atoms with Gasteiger partial charge in [0, 0.05) is 44.1 Å². The number of thiophene rings is 1. The van der Waals surface area contributed by atoms with E-state index >= 15 is 0 Å². The van der Waals surface area contributed by atoms with E-state index in [-0.39, 0.29) is 5.91 Å². The van der Waals surface area contributed by atoms with Crippen LogP contribution in [0.25, 0.3) is 0 Å². The zero-order valence-corrected chi connectivity index (χ0v) is 13.4. The number of hydrogen-bond acceptors (Lipinski definition) is 4. The molecule has 20 heavy (non-hydrogen) atoms. The van der Waals surface area contributed by atoms with Gasteiger partial charge in [-0.3, -0.25) is 9.69 Å². The van der Waals surface area contributed by atoms with Crippen LogP contribution < -0.4 is 5.32 Å². The largest absolute Gasteiger partial charge is 0.348 e. The molecule has 0 spiro atoms. The lowest BCUT2D eigenvalue weighted by Gasteiger charge is -2.33. The second-order valence-corrected chi connectivity index (χ2v) is 6.72. The van der Waals surface area contributed by atoms with E-state index < -0.39 is 0 Å². The van der Waals surface area contributed by atoms with Crippen LogP contribution in [0.15, 0.2) is 17.5 Å². The van der Waals surface area contributed by atoms with E-state index in [9.17, 15) is 4.79 Å². The van der Waals surface area contributed by atoms with Gasteiger partial charge in [-0.2, -0.15) is 0 Å². The van der Waals surface area contributed by atoms with Gasteiger partial charge in [-0.25, -0.2) is 0 Å². The molecule has 1 aliphatic heterocycles. The van der Waals surface area contributed by atoms with Crippen LogP contribution in [-0.2, 0) is 4.79 Å². The van der Waals surface area contributed by atoms with E-state index in [0.29, 0.717) is 18.6 Å². The first-order valence-corrected chi connectivity index (χ1v) is 8.16. The smallest absolute Gasteiger partial charge is 0.236 e. The van der Waals surface area contributed by atoms with Crippen LogP contribution in [0, 0.1) is 0 Å². The van der Waals surface area contributed by atoms with E-state index in [1.165, 1.54) is 4.88 Å². The number of piperidine rings is 1. The average Bonchev–Trinajstić information content (AvgIpc) is 2.95. The van der Waals surface area contributed by atoms with Crippen molar-refractivity contribution in [3.63, 3.8) is 0 Å². The van der Waals surface area contributed by atoms with Crippen molar-refractivity contribution < 1.29 is 4.79 Å². The number of rotatable bonds is 5. The summed E-state index contributed by atoms with van der Waals surface area (Å²) in [5.74, 6) is 0.198. The molecule has 1 saturated heterocycles. The number of carbonyl (C=O) groups is 1. The third kappa shape index (κ3) is 4.30. The molecule has 0 radical (unpaired) electrons. The molecule has 0 bridgehead atoms. The zero-order chi connectivity index (χ0) is 14.5. The molecular formula is C15H25N3OS. The Morgan fingerprint density at radius 1 is 1.50 bits per heavy atom. The molecule has 1 amide bonds. The van der Waals surface area contributed by atoms with Gasteiger partial charge in [-0.1, -0.05) is 6.07 Å². The lowest BCUT2D eigenvalue weighted by atomic mass is 10.0. The highest BCUT2D eigenvalue weighted by Gasteiger charge is 2.22. The fourth-order valence-corrected chi connectivity index (χ4v) is 3.31. The molecule has 0 unspecified atom stereocenters. The molecule has 2 rings (SSSR count). The SMILES string of the molecule is C[C@H](NC1CCN(CC(=O)N(C)C)CC1)c1cccs1. The van der Waals surface area contributed by atoms with Crippen LogP contribution in [0.2, 0.25) is 0 Å². The summed E-state index contributed by atoms with van der Waals surface area (Å²) in [7, 11) is 3.64. The van der Waals surface area contributed by atoms with Crippen LogP contribution in [0.4, 0.5) is 0 Å². The monoisotopic (exact) mass is 295 g/mol. The van der Waals surface area contributed by atoms with Gasteiger partial charge in [-0.05, 0) is 31.2 Å². The second kappa shape index (κ2) is 7.20. The maximum atomic E-state index is 11.7. The summed E-state index contributed by atoms with van der Waals surface area (Å²) in [5, 5.41) is 5.83. The highest BCUT2D eigenvalue weighted by atomic mass is 32.1. The third-order valence-corrected chi connectivity index (χ3v) is 4.96. The van der Waals surface area contributed by atoms with Gasteiger partial charge >= 0.3 is 0 Å². The first kappa shape index (κ1) is 15.5. The molecule has 1 N–H and O–H groups in total. The van der Waals surface area contributed by atoms with Gasteiger partial charge in [0.2, 0.25) is 5.91 Å². The van der Waals surface area contributed by atoms with Gasteiger partial charge in [0.15, 0.2) is 0 Å². The molecule has 2 heterocycles. The first-order valence-electron chi connectivity index (χ1n) is 7.28. The van der Waals surface area contributed by atoms with Crippen LogP contribution in [0.5, 0.6) is 0 Å². The number of likely N-dealkylation sites (tertiary alicyclic amines) is 1. The normalized spacial score (nSPS) is 18.9. The lowest BCUT2D eigenvalue weighted by molar-refractivity contribution is -0.130. The maximum absolute atomic E-state index is 11.7. The summed E-state index contributed by atoms with van der Waals surface area (Å²) in [6, 6.07) is 5.29. The standard InChI is InChI=1S/C15H25N3OS/c1-12(14-5-4-10-20-14)16-13-6-8-18(9-7-13)11-15(19)17(2)3/h4-5,10,12-13,16H,6-9,11H2,1-3H3/t12-/m0/s1. The zero-order valence-electron chi connectivity index (χ0n) is 12.6. The van der Waals surface area contributed by atoms with Crippen molar-refractivity contribution in [3.05, 3.63) is 22.4 Å². The Balaban J connectivity index is 1.73. The number of carbonyl (C=O) groups excluding carboxylic acids is 1. The van der Waals surface area contributed by atoms with Crippen molar-refractivity contribution in [2.24, 2.45) is 0 Å². The summed E-state index contributed by atoms with van der Waals surface area (Å²) < 4.78 is 0. The molecule has 5 heteroatoms. The molecule has 1 aliphatic rings.